The number of nitrogens with zero attached hydrogens (tertiary/aromatic N) is 2. The molecule has 0 aromatic heterocycles. The predicted octanol–water partition coefficient (Wildman–Crippen LogP) is 6.61. The normalized spacial score (nSPS) is 13.4. The van der Waals surface area contributed by atoms with Crippen molar-refractivity contribution < 1.29 is 13.2 Å². The Morgan fingerprint density at radius 3 is 2.34 bits per heavy atom. The molecular formula is C31H39N3O3S. The van der Waals surface area contributed by atoms with Crippen molar-refractivity contribution in [2.24, 2.45) is 0 Å². The number of hydrogen-bond acceptors (Lipinski definition) is 3. The molecule has 1 N–H and O–H groups in total. The van der Waals surface area contributed by atoms with Crippen LogP contribution in [0.3, 0.4) is 0 Å². The molecule has 1 aliphatic heterocycles. The van der Waals surface area contributed by atoms with Crippen molar-refractivity contribution >= 4 is 21.7 Å². The zero-order chi connectivity index (χ0) is 27.3. The van der Waals surface area contributed by atoms with Crippen molar-refractivity contribution in [3.8, 4) is 11.1 Å². The molecule has 38 heavy (non-hydrogen) atoms. The van der Waals surface area contributed by atoms with E-state index >= 15 is 0 Å². The van der Waals surface area contributed by atoms with Gasteiger partial charge in [-0.15, -0.1) is 0 Å². The van der Waals surface area contributed by atoms with Crippen molar-refractivity contribution in [3.63, 3.8) is 0 Å². The fourth-order valence-electron chi connectivity index (χ4n) is 4.91. The summed E-state index contributed by atoms with van der Waals surface area (Å²) in [6.45, 7) is 9.56. The van der Waals surface area contributed by atoms with Gasteiger partial charge in [-0.1, -0.05) is 80.4 Å². The van der Waals surface area contributed by atoms with Crippen molar-refractivity contribution in [3.05, 3.63) is 83.9 Å². The Balaban J connectivity index is 1.56. The second kappa shape index (κ2) is 11.7. The number of anilines is 1. The summed E-state index contributed by atoms with van der Waals surface area (Å²) in [5.41, 5.74) is 4.13. The summed E-state index contributed by atoms with van der Waals surface area (Å²) in [4.78, 5) is 17.7. The fourth-order valence-corrected chi connectivity index (χ4v) is 6.56. The first kappa shape index (κ1) is 27.9. The molecule has 3 aromatic rings. The van der Waals surface area contributed by atoms with Gasteiger partial charge in [-0.3, -0.25) is 4.90 Å². The van der Waals surface area contributed by atoms with Crippen molar-refractivity contribution in [2.75, 3.05) is 18.0 Å². The highest BCUT2D eigenvalue weighted by Crippen LogP contribution is 2.30. The number of fused-ring (bicyclic) bond motifs is 1. The van der Waals surface area contributed by atoms with E-state index in [0.29, 0.717) is 25.2 Å². The minimum absolute atomic E-state index is 0.0415. The number of benzene rings is 3. The fraction of sp³-hybridized carbons (Fsp3) is 0.387. The van der Waals surface area contributed by atoms with Gasteiger partial charge in [0, 0.05) is 36.4 Å². The smallest absolute Gasteiger partial charge is 0.320 e. The quantitative estimate of drug-likeness (QED) is 0.315. The number of para-hydroxylation sites is 1. The van der Waals surface area contributed by atoms with Crippen LogP contribution in [0.1, 0.15) is 58.1 Å². The van der Waals surface area contributed by atoms with E-state index in [1.807, 2.05) is 85.2 Å². The van der Waals surface area contributed by atoms with Gasteiger partial charge in [0.1, 0.15) is 0 Å². The molecule has 1 aliphatic rings. The van der Waals surface area contributed by atoms with Crippen LogP contribution in [0.4, 0.5) is 10.5 Å². The van der Waals surface area contributed by atoms with E-state index in [4.69, 9.17) is 0 Å². The average molecular weight is 534 g/mol. The van der Waals surface area contributed by atoms with Crippen LogP contribution in [-0.4, -0.2) is 38.0 Å². The maximum absolute atomic E-state index is 13.6. The Morgan fingerprint density at radius 1 is 0.947 bits per heavy atom. The van der Waals surface area contributed by atoms with E-state index in [9.17, 15) is 13.2 Å². The molecule has 6 nitrogen and oxygen atoms in total. The third-order valence-corrected chi connectivity index (χ3v) is 8.49. The van der Waals surface area contributed by atoms with Crippen molar-refractivity contribution in [1.82, 2.24) is 9.62 Å². The molecule has 4 rings (SSSR count). The Hall–Kier alpha value is -3.16. The Morgan fingerprint density at radius 2 is 1.63 bits per heavy atom. The molecule has 202 valence electrons. The lowest BCUT2D eigenvalue weighted by atomic mass is 10.0. The molecule has 3 aromatic carbocycles. The van der Waals surface area contributed by atoms with E-state index < -0.39 is 15.6 Å². The van der Waals surface area contributed by atoms with Gasteiger partial charge in [0.25, 0.3) is 0 Å². The third kappa shape index (κ3) is 6.63. The van der Waals surface area contributed by atoms with E-state index in [1.165, 1.54) is 5.56 Å². The van der Waals surface area contributed by atoms with E-state index in [2.05, 4.69) is 17.7 Å². The molecule has 2 amide bonds. The highest BCUT2D eigenvalue weighted by atomic mass is 32.2. The van der Waals surface area contributed by atoms with E-state index in [0.717, 1.165) is 42.5 Å². The van der Waals surface area contributed by atoms with Gasteiger partial charge in [0.05, 0.1) is 4.90 Å². The van der Waals surface area contributed by atoms with Gasteiger partial charge in [-0.25, -0.2) is 17.9 Å². The van der Waals surface area contributed by atoms with Crippen molar-refractivity contribution in [1.29, 1.82) is 0 Å². The Labute approximate surface area is 227 Å². The highest BCUT2D eigenvalue weighted by molar-refractivity contribution is 7.89. The van der Waals surface area contributed by atoms with Crippen molar-refractivity contribution in [2.45, 2.75) is 70.4 Å². The van der Waals surface area contributed by atoms with Crippen LogP contribution in [-0.2, 0) is 23.0 Å². The number of carbonyl (C=O) groups excluding carboxylic acids is 1. The number of urea groups is 1. The Bertz CT molecular complexity index is 1360. The summed E-state index contributed by atoms with van der Waals surface area (Å²) < 4.78 is 29.0. The molecule has 7 heteroatoms. The number of nitrogens with one attached hydrogen (secondary N) is 1. The highest BCUT2D eigenvalue weighted by Gasteiger charge is 2.28. The predicted molar refractivity (Wildman–Crippen MR) is 155 cm³/mol. The summed E-state index contributed by atoms with van der Waals surface area (Å²) >= 11 is 0. The number of rotatable bonds is 9. The van der Waals surface area contributed by atoms with Gasteiger partial charge in [-0.2, -0.15) is 0 Å². The molecule has 0 fully saturated rings. The zero-order valence-corrected chi connectivity index (χ0v) is 23.7. The Kier molecular flexibility index (Phi) is 8.58. The number of unbranched alkanes of at least 4 members (excludes halogenated alkanes) is 2. The van der Waals surface area contributed by atoms with Crippen LogP contribution in [0.15, 0.2) is 77.7 Å². The van der Waals surface area contributed by atoms with Gasteiger partial charge < -0.3 is 4.90 Å². The van der Waals surface area contributed by atoms with Gasteiger partial charge in [-0.05, 0) is 62.4 Å². The van der Waals surface area contributed by atoms with Crippen LogP contribution >= 0.6 is 0 Å². The van der Waals surface area contributed by atoms with Crippen LogP contribution in [0.5, 0.6) is 0 Å². The van der Waals surface area contributed by atoms with Crippen LogP contribution in [0.2, 0.25) is 0 Å². The minimum Gasteiger partial charge on any atom is -0.320 e. The SMILES string of the molecule is CCCCCN(Cc1ccc(-c2ccccc2S(=O)(=O)NC(C)(C)C)cc1)C(=O)N1CCc2ccccc21. The molecule has 0 saturated carbocycles. The van der Waals surface area contributed by atoms with Crippen LogP contribution < -0.4 is 9.62 Å². The molecule has 0 unspecified atom stereocenters. The first-order chi connectivity index (χ1) is 18.1. The first-order valence-corrected chi connectivity index (χ1v) is 14.9. The molecule has 0 aliphatic carbocycles. The molecule has 0 saturated heterocycles. The average Bonchev–Trinajstić information content (AvgIpc) is 3.31. The lowest BCUT2D eigenvalue weighted by Gasteiger charge is -2.29. The number of carbonyl (C=O) groups is 1. The molecular weight excluding hydrogens is 494 g/mol. The second-order valence-corrected chi connectivity index (χ2v) is 12.6. The van der Waals surface area contributed by atoms with Crippen LogP contribution in [0, 0.1) is 0 Å². The first-order valence-electron chi connectivity index (χ1n) is 13.5. The van der Waals surface area contributed by atoms with Gasteiger partial charge >= 0.3 is 6.03 Å². The van der Waals surface area contributed by atoms with Gasteiger partial charge in [0.15, 0.2) is 0 Å². The second-order valence-electron chi connectivity index (χ2n) is 11.0. The van der Waals surface area contributed by atoms with E-state index in [1.54, 1.807) is 12.1 Å². The number of hydrogen-bond donors (Lipinski definition) is 1. The third-order valence-electron chi connectivity index (χ3n) is 6.68. The molecule has 0 radical (unpaired) electrons. The maximum Gasteiger partial charge on any atom is 0.324 e. The zero-order valence-electron chi connectivity index (χ0n) is 22.9. The standard InChI is InChI=1S/C31H39N3O3S/c1-5-6-11-21-33(30(35)34-22-20-26-12-7-9-14-28(26)34)23-24-16-18-25(19-17-24)27-13-8-10-15-29(27)38(36,37)32-31(2,3)4/h7-10,12-19,32H,5-6,11,20-23H2,1-4H3. The van der Waals surface area contributed by atoms with E-state index in [-0.39, 0.29) is 10.9 Å². The molecule has 0 bridgehead atoms. The van der Waals surface area contributed by atoms with Crippen LogP contribution in [0.25, 0.3) is 11.1 Å². The summed E-state index contributed by atoms with van der Waals surface area (Å²) in [7, 11) is -3.69. The lowest BCUT2D eigenvalue weighted by molar-refractivity contribution is 0.201. The lowest BCUT2D eigenvalue weighted by Crippen LogP contribution is -2.42. The summed E-state index contributed by atoms with van der Waals surface area (Å²) in [5, 5.41) is 0. The minimum atomic E-state index is -3.69. The summed E-state index contributed by atoms with van der Waals surface area (Å²) in [5.74, 6) is 0. The van der Waals surface area contributed by atoms with Gasteiger partial charge in [0.2, 0.25) is 10.0 Å². The largest absolute Gasteiger partial charge is 0.324 e. The summed E-state index contributed by atoms with van der Waals surface area (Å²) in [6.07, 6.45) is 4.01. The topological polar surface area (TPSA) is 69.7 Å². The summed E-state index contributed by atoms with van der Waals surface area (Å²) in [6, 6.07) is 23.1. The molecule has 1 heterocycles. The monoisotopic (exact) mass is 533 g/mol. The number of sulfonamides is 1. The molecule has 0 spiro atoms. The maximum atomic E-state index is 13.6. The molecule has 0 atom stereocenters. The number of amides is 2.